The number of thioether (sulfide) groups is 1. The summed E-state index contributed by atoms with van der Waals surface area (Å²) < 4.78 is 4.91. The molecule has 2 aromatic rings. The molecular formula is C17H16N4O6S. The number of hydrogen-bond donors (Lipinski definition) is 1. The van der Waals surface area contributed by atoms with E-state index in [0.717, 1.165) is 5.56 Å². The molecule has 11 heteroatoms. The van der Waals surface area contributed by atoms with E-state index in [4.69, 9.17) is 4.74 Å². The summed E-state index contributed by atoms with van der Waals surface area (Å²) in [6.45, 7) is 0. The van der Waals surface area contributed by atoms with Gasteiger partial charge in [0.05, 0.1) is 28.9 Å². The summed E-state index contributed by atoms with van der Waals surface area (Å²) in [7, 11) is 1.34. The van der Waals surface area contributed by atoms with E-state index in [1.54, 1.807) is 18.2 Å². The Labute approximate surface area is 163 Å². The quantitative estimate of drug-likeness (QED) is 0.385. The summed E-state index contributed by atoms with van der Waals surface area (Å²) in [6.07, 6.45) is 1.30. The van der Waals surface area contributed by atoms with E-state index in [-0.39, 0.29) is 28.8 Å². The lowest BCUT2D eigenvalue weighted by Crippen LogP contribution is -2.19. The lowest BCUT2D eigenvalue weighted by atomic mass is 10.2. The Bertz CT molecular complexity index is 901. The van der Waals surface area contributed by atoms with Crippen LogP contribution in [-0.4, -0.2) is 34.8 Å². The molecule has 0 saturated carbocycles. The molecule has 0 saturated heterocycles. The van der Waals surface area contributed by atoms with Gasteiger partial charge in [-0.05, 0) is 17.7 Å². The fourth-order valence-corrected chi connectivity index (χ4v) is 2.90. The fourth-order valence-electron chi connectivity index (χ4n) is 2.12. The average molecular weight is 404 g/mol. The largest absolute Gasteiger partial charge is 0.490 e. The molecule has 0 heterocycles. The number of non-ortho nitro benzene ring substituents is 1. The van der Waals surface area contributed by atoms with Crippen LogP contribution in [0.4, 0.5) is 11.4 Å². The van der Waals surface area contributed by atoms with Crippen LogP contribution in [-0.2, 0) is 10.5 Å². The number of rotatable bonds is 9. The van der Waals surface area contributed by atoms with E-state index in [9.17, 15) is 25.0 Å². The maximum atomic E-state index is 11.8. The molecule has 146 valence electrons. The van der Waals surface area contributed by atoms with E-state index in [1.165, 1.54) is 49.4 Å². The Balaban J connectivity index is 1.81. The molecule has 2 aromatic carbocycles. The van der Waals surface area contributed by atoms with Crippen molar-refractivity contribution in [3.8, 4) is 5.75 Å². The van der Waals surface area contributed by atoms with Crippen LogP contribution in [0.25, 0.3) is 0 Å². The lowest BCUT2D eigenvalue weighted by Gasteiger charge is -2.03. The average Bonchev–Trinajstić information content (AvgIpc) is 2.68. The van der Waals surface area contributed by atoms with E-state index >= 15 is 0 Å². The van der Waals surface area contributed by atoms with Gasteiger partial charge in [0.1, 0.15) is 0 Å². The Morgan fingerprint density at radius 1 is 1.18 bits per heavy atom. The van der Waals surface area contributed by atoms with Crippen LogP contribution in [0.3, 0.4) is 0 Å². The van der Waals surface area contributed by atoms with Crippen molar-refractivity contribution in [2.75, 3.05) is 12.9 Å². The van der Waals surface area contributed by atoms with Crippen LogP contribution in [0.5, 0.6) is 5.75 Å². The minimum absolute atomic E-state index is 0.0135. The topological polar surface area (TPSA) is 137 Å². The number of benzene rings is 2. The number of carbonyl (C=O) groups excluding carboxylic acids is 1. The molecule has 0 aliphatic heterocycles. The first-order valence-corrected chi connectivity index (χ1v) is 9.01. The first-order valence-electron chi connectivity index (χ1n) is 7.86. The molecule has 0 aliphatic carbocycles. The molecule has 0 fully saturated rings. The maximum absolute atomic E-state index is 11.8. The predicted molar refractivity (Wildman–Crippen MR) is 105 cm³/mol. The number of hydrazone groups is 1. The number of hydrogen-bond acceptors (Lipinski definition) is 8. The van der Waals surface area contributed by atoms with Crippen molar-refractivity contribution < 1.29 is 19.4 Å². The molecule has 0 atom stereocenters. The van der Waals surface area contributed by atoms with Crippen LogP contribution in [0.2, 0.25) is 0 Å². The van der Waals surface area contributed by atoms with Crippen molar-refractivity contribution >= 4 is 35.3 Å². The van der Waals surface area contributed by atoms with Crippen molar-refractivity contribution in [3.05, 3.63) is 73.8 Å². The molecule has 0 spiro atoms. The van der Waals surface area contributed by atoms with Crippen molar-refractivity contribution in [1.82, 2.24) is 5.43 Å². The smallest absolute Gasteiger partial charge is 0.311 e. The number of carbonyl (C=O) groups is 1. The number of nitrogens with one attached hydrogen (secondary N) is 1. The zero-order valence-corrected chi connectivity index (χ0v) is 15.5. The second-order valence-electron chi connectivity index (χ2n) is 5.40. The van der Waals surface area contributed by atoms with Gasteiger partial charge in [0.2, 0.25) is 5.91 Å². The van der Waals surface area contributed by atoms with Gasteiger partial charge in [-0.25, -0.2) is 5.43 Å². The second kappa shape index (κ2) is 10.0. The molecule has 0 unspecified atom stereocenters. The van der Waals surface area contributed by atoms with Crippen LogP contribution in [0, 0.1) is 20.2 Å². The van der Waals surface area contributed by atoms with E-state index in [0.29, 0.717) is 11.3 Å². The summed E-state index contributed by atoms with van der Waals surface area (Å²) in [5.74, 6) is 0.441. The van der Waals surface area contributed by atoms with Crippen LogP contribution < -0.4 is 10.2 Å². The van der Waals surface area contributed by atoms with Crippen molar-refractivity contribution in [2.45, 2.75) is 5.75 Å². The van der Waals surface area contributed by atoms with Gasteiger partial charge < -0.3 is 4.74 Å². The first-order chi connectivity index (χ1) is 13.4. The highest BCUT2D eigenvalue weighted by atomic mass is 32.2. The Hall–Kier alpha value is -3.47. The number of amides is 1. The number of nitro benzene ring substituents is 2. The Kier molecular flexibility index (Phi) is 7.45. The van der Waals surface area contributed by atoms with Gasteiger partial charge in [-0.15, -0.1) is 11.8 Å². The first kappa shape index (κ1) is 20.8. The van der Waals surface area contributed by atoms with E-state index in [1.807, 2.05) is 0 Å². The number of nitrogens with zero attached hydrogens (tertiary/aromatic N) is 3. The number of ether oxygens (including phenoxy) is 1. The highest BCUT2D eigenvalue weighted by Gasteiger charge is 2.14. The zero-order valence-electron chi connectivity index (χ0n) is 14.7. The normalized spacial score (nSPS) is 10.6. The summed E-state index contributed by atoms with van der Waals surface area (Å²) >= 11 is 1.32. The monoisotopic (exact) mass is 404 g/mol. The standard InChI is InChI=1S/C17H16N4O6S/c1-27-16-7-4-13(8-15(16)21(25)26)9-18-19-17(22)11-28-10-12-2-5-14(6-3-12)20(23)24/h2-9H,10-11H2,1H3,(H,19,22). The summed E-state index contributed by atoms with van der Waals surface area (Å²) in [5.41, 5.74) is 3.45. The van der Waals surface area contributed by atoms with E-state index < -0.39 is 9.85 Å². The highest BCUT2D eigenvalue weighted by Crippen LogP contribution is 2.26. The maximum Gasteiger partial charge on any atom is 0.311 e. The predicted octanol–water partition coefficient (Wildman–Crippen LogP) is 2.90. The minimum atomic E-state index is -0.566. The summed E-state index contributed by atoms with van der Waals surface area (Å²) in [4.78, 5) is 32.3. The van der Waals surface area contributed by atoms with Crippen molar-refractivity contribution in [3.63, 3.8) is 0 Å². The van der Waals surface area contributed by atoms with Gasteiger partial charge in [0.15, 0.2) is 5.75 Å². The van der Waals surface area contributed by atoms with E-state index in [2.05, 4.69) is 10.5 Å². The molecule has 28 heavy (non-hydrogen) atoms. The number of nitro groups is 2. The second-order valence-corrected chi connectivity index (χ2v) is 6.38. The molecular weight excluding hydrogens is 388 g/mol. The molecule has 0 radical (unpaired) electrons. The third-order valence-corrected chi connectivity index (χ3v) is 4.46. The molecule has 1 N–H and O–H groups in total. The SMILES string of the molecule is COc1ccc(C=NNC(=O)CSCc2ccc([N+](=O)[O-])cc2)cc1[N+](=O)[O-]. The summed E-state index contributed by atoms with van der Waals surface area (Å²) in [6, 6.07) is 10.4. The van der Waals surface area contributed by atoms with Crippen LogP contribution in [0.1, 0.15) is 11.1 Å². The zero-order chi connectivity index (χ0) is 20.5. The lowest BCUT2D eigenvalue weighted by molar-refractivity contribution is -0.385. The molecule has 10 nitrogen and oxygen atoms in total. The van der Waals surface area contributed by atoms with Crippen LogP contribution >= 0.6 is 11.8 Å². The third kappa shape index (κ3) is 6.06. The number of methoxy groups -OCH3 is 1. The molecule has 0 bridgehead atoms. The molecule has 0 aliphatic rings. The third-order valence-electron chi connectivity index (χ3n) is 3.45. The molecule has 2 rings (SSSR count). The van der Waals surface area contributed by atoms with Crippen molar-refractivity contribution in [1.29, 1.82) is 0 Å². The molecule has 1 amide bonds. The summed E-state index contributed by atoms with van der Waals surface area (Å²) in [5, 5.41) is 25.4. The Morgan fingerprint density at radius 3 is 2.50 bits per heavy atom. The fraction of sp³-hybridized carbons (Fsp3) is 0.176. The van der Waals surface area contributed by atoms with Crippen molar-refractivity contribution in [2.24, 2.45) is 5.10 Å². The van der Waals surface area contributed by atoms with Gasteiger partial charge >= 0.3 is 5.69 Å². The van der Waals surface area contributed by atoms with Gasteiger partial charge in [-0.2, -0.15) is 5.10 Å². The van der Waals surface area contributed by atoms with Gasteiger partial charge in [-0.1, -0.05) is 12.1 Å². The Morgan fingerprint density at radius 2 is 1.89 bits per heavy atom. The molecule has 0 aromatic heterocycles. The highest BCUT2D eigenvalue weighted by molar-refractivity contribution is 7.99. The van der Waals surface area contributed by atoms with Gasteiger partial charge in [0, 0.05) is 29.5 Å². The van der Waals surface area contributed by atoms with Gasteiger partial charge in [0.25, 0.3) is 5.69 Å². The van der Waals surface area contributed by atoms with Crippen LogP contribution in [0.15, 0.2) is 47.6 Å². The minimum Gasteiger partial charge on any atom is -0.490 e. The van der Waals surface area contributed by atoms with Gasteiger partial charge in [-0.3, -0.25) is 25.0 Å².